The van der Waals surface area contributed by atoms with Gasteiger partial charge in [0.2, 0.25) is 5.91 Å². The zero-order chi connectivity index (χ0) is 21.0. The summed E-state index contributed by atoms with van der Waals surface area (Å²) in [5.74, 6) is 0.894. The molecule has 0 aliphatic carbocycles. The molecule has 8 heteroatoms. The first kappa shape index (κ1) is 20.9. The Balaban J connectivity index is 1.67. The number of nitrogens with zero attached hydrogens (tertiary/aromatic N) is 2. The molecule has 0 spiro atoms. The minimum absolute atomic E-state index is 0.0973. The topological polar surface area (TPSA) is 82.5 Å². The zero-order valence-corrected chi connectivity index (χ0v) is 18.1. The molecule has 1 N–H and O–H groups in total. The lowest BCUT2D eigenvalue weighted by atomic mass is 10.2. The van der Waals surface area contributed by atoms with Crippen LogP contribution in [0.2, 0.25) is 0 Å². The zero-order valence-electron chi connectivity index (χ0n) is 16.5. The fraction of sp³-hybridized carbons (Fsp3) is 0.286. The average Bonchev–Trinajstić information content (AvgIpc) is 2.71. The van der Waals surface area contributed by atoms with Crippen LogP contribution in [0, 0.1) is 6.92 Å². The number of ether oxygens (including phenoxy) is 2. The minimum atomic E-state index is -0.181. The van der Waals surface area contributed by atoms with Gasteiger partial charge in [0.1, 0.15) is 0 Å². The highest BCUT2D eigenvalue weighted by molar-refractivity contribution is 9.10. The molecule has 0 bridgehead atoms. The number of rotatable bonds is 7. The van der Waals surface area contributed by atoms with Gasteiger partial charge in [-0.3, -0.25) is 14.2 Å². The van der Waals surface area contributed by atoms with E-state index in [0.717, 1.165) is 15.7 Å². The van der Waals surface area contributed by atoms with Gasteiger partial charge in [0.25, 0.3) is 5.56 Å². The third-order valence-corrected chi connectivity index (χ3v) is 5.46. The van der Waals surface area contributed by atoms with Gasteiger partial charge in [-0.15, -0.1) is 0 Å². The molecule has 0 unspecified atom stereocenters. The lowest BCUT2D eigenvalue weighted by Crippen LogP contribution is -2.22. The van der Waals surface area contributed by atoms with Crippen LogP contribution in [-0.2, 0) is 11.3 Å². The molecule has 7 nitrogen and oxygen atoms in total. The molecule has 2 aromatic carbocycles. The van der Waals surface area contributed by atoms with Gasteiger partial charge in [-0.1, -0.05) is 15.9 Å². The van der Waals surface area contributed by atoms with Crippen LogP contribution in [0.15, 0.2) is 45.9 Å². The normalized spacial score (nSPS) is 10.8. The first-order chi connectivity index (χ1) is 13.9. The molecule has 0 saturated carbocycles. The van der Waals surface area contributed by atoms with Crippen LogP contribution < -0.4 is 20.3 Å². The van der Waals surface area contributed by atoms with Gasteiger partial charge in [0, 0.05) is 29.2 Å². The second-order valence-corrected chi connectivity index (χ2v) is 7.44. The maximum atomic E-state index is 12.8. The van der Waals surface area contributed by atoms with E-state index >= 15 is 0 Å². The van der Waals surface area contributed by atoms with Crippen LogP contribution in [0.5, 0.6) is 11.5 Å². The Labute approximate surface area is 176 Å². The molecule has 29 heavy (non-hydrogen) atoms. The van der Waals surface area contributed by atoms with E-state index in [9.17, 15) is 9.59 Å². The molecule has 0 aliphatic rings. The van der Waals surface area contributed by atoms with Crippen LogP contribution >= 0.6 is 15.9 Å². The average molecular weight is 460 g/mol. The highest BCUT2D eigenvalue weighted by Crippen LogP contribution is 2.29. The van der Waals surface area contributed by atoms with Crippen molar-refractivity contribution in [3.05, 3.63) is 57.0 Å². The number of nitrogens with one attached hydrogen (secondary N) is 1. The van der Waals surface area contributed by atoms with Gasteiger partial charge in [-0.25, -0.2) is 4.98 Å². The van der Waals surface area contributed by atoms with Crippen LogP contribution in [-0.4, -0.2) is 29.7 Å². The number of amides is 1. The Hall–Kier alpha value is -2.87. The summed E-state index contributed by atoms with van der Waals surface area (Å²) in [6, 6.07) is 8.94. The molecule has 3 aromatic rings. The maximum Gasteiger partial charge on any atom is 0.261 e. The Morgan fingerprint density at radius 2 is 1.90 bits per heavy atom. The fourth-order valence-electron chi connectivity index (χ4n) is 3.00. The van der Waals surface area contributed by atoms with Gasteiger partial charge in [0.15, 0.2) is 11.5 Å². The third kappa shape index (κ3) is 4.76. The predicted molar refractivity (Wildman–Crippen MR) is 116 cm³/mol. The number of halogens is 1. The summed E-state index contributed by atoms with van der Waals surface area (Å²) in [5.41, 5.74) is 2.15. The van der Waals surface area contributed by atoms with Crippen molar-refractivity contribution in [1.29, 1.82) is 0 Å². The molecule has 0 saturated heterocycles. The molecule has 1 heterocycles. The first-order valence-corrected chi connectivity index (χ1v) is 9.89. The standard InChI is InChI=1S/C21H22BrN3O4/c1-13-9-14(6-7-16(13)22)24-20(26)5-4-8-25-12-23-17-11-19(29-3)18(28-2)10-15(17)21(25)27/h6-7,9-12H,4-5,8H2,1-3H3,(H,24,26). The molecule has 0 fully saturated rings. The SMILES string of the molecule is COc1cc2ncn(CCCC(=O)Nc3ccc(Br)c(C)c3)c(=O)c2cc1OC. The molecule has 152 valence electrons. The number of carbonyl (C=O) groups excluding carboxylic acids is 1. The van der Waals surface area contributed by atoms with Crippen molar-refractivity contribution in [3.63, 3.8) is 0 Å². The molecule has 0 radical (unpaired) electrons. The van der Waals surface area contributed by atoms with Crippen molar-refractivity contribution in [2.75, 3.05) is 19.5 Å². The quantitative estimate of drug-likeness (QED) is 0.579. The Bertz CT molecular complexity index is 1110. The molecule has 0 atom stereocenters. The highest BCUT2D eigenvalue weighted by Gasteiger charge is 2.11. The Morgan fingerprint density at radius 3 is 2.59 bits per heavy atom. The predicted octanol–water partition coefficient (Wildman–Crippen LogP) is 3.90. The van der Waals surface area contributed by atoms with E-state index in [4.69, 9.17) is 9.47 Å². The van der Waals surface area contributed by atoms with Gasteiger partial charge < -0.3 is 14.8 Å². The van der Waals surface area contributed by atoms with Crippen molar-refractivity contribution < 1.29 is 14.3 Å². The number of aromatic nitrogens is 2. The summed E-state index contributed by atoms with van der Waals surface area (Å²) in [4.78, 5) is 29.3. The van der Waals surface area contributed by atoms with Crippen molar-refractivity contribution in [2.24, 2.45) is 0 Å². The van der Waals surface area contributed by atoms with Crippen molar-refractivity contribution in [3.8, 4) is 11.5 Å². The second-order valence-electron chi connectivity index (χ2n) is 6.58. The van der Waals surface area contributed by atoms with Gasteiger partial charge in [0.05, 0.1) is 31.4 Å². The number of carbonyl (C=O) groups is 1. The van der Waals surface area contributed by atoms with E-state index in [-0.39, 0.29) is 11.5 Å². The number of aryl methyl sites for hydroxylation is 2. The maximum absolute atomic E-state index is 12.8. The van der Waals surface area contributed by atoms with E-state index in [1.165, 1.54) is 25.1 Å². The van der Waals surface area contributed by atoms with Gasteiger partial charge in [-0.05, 0) is 43.2 Å². The van der Waals surface area contributed by atoms with Crippen molar-refractivity contribution in [2.45, 2.75) is 26.3 Å². The molecule has 3 rings (SSSR count). The molecular weight excluding hydrogens is 438 g/mol. The first-order valence-electron chi connectivity index (χ1n) is 9.10. The largest absolute Gasteiger partial charge is 0.493 e. The van der Waals surface area contributed by atoms with Gasteiger partial charge in [-0.2, -0.15) is 0 Å². The third-order valence-electron chi connectivity index (χ3n) is 4.57. The van der Waals surface area contributed by atoms with Crippen LogP contribution in [0.1, 0.15) is 18.4 Å². The van der Waals surface area contributed by atoms with Crippen molar-refractivity contribution in [1.82, 2.24) is 9.55 Å². The smallest absolute Gasteiger partial charge is 0.261 e. The molecule has 1 amide bonds. The summed E-state index contributed by atoms with van der Waals surface area (Å²) in [7, 11) is 3.05. The molecular formula is C21H22BrN3O4. The van der Waals surface area contributed by atoms with Crippen LogP contribution in [0.4, 0.5) is 5.69 Å². The van der Waals surface area contributed by atoms with Crippen molar-refractivity contribution >= 4 is 38.4 Å². The second kappa shape index (κ2) is 9.09. The summed E-state index contributed by atoms with van der Waals surface area (Å²) < 4.78 is 13.0. The molecule has 0 aliphatic heterocycles. The van der Waals surface area contributed by atoms with E-state index in [2.05, 4.69) is 26.2 Å². The van der Waals surface area contributed by atoms with E-state index in [1.807, 2.05) is 25.1 Å². The lowest BCUT2D eigenvalue weighted by Gasteiger charge is -2.11. The number of hydrogen-bond donors (Lipinski definition) is 1. The van der Waals surface area contributed by atoms with Crippen LogP contribution in [0.3, 0.4) is 0 Å². The Morgan fingerprint density at radius 1 is 1.17 bits per heavy atom. The summed E-state index contributed by atoms with van der Waals surface area (Å²) >= 11 is 3.44. The number of hydrogen-bond acceptors (Lipinski definition) is 5. The lowest BCUT2D eigenvalue weighted by molar-refractivity contribution is -0.116. The monoisotopic (exact) mass is 459 g/mol. The highest BCUT2D eigenvalue weighted by atomic mass is 79.9. The number of anilines is 1. The number of fused-ring (bicyclic) bond motifs is 1. The fourth-order valence-corrected chi connectivity index (χ4v) is 3.25. The summed E-state index contributed by atoms with van der Waals surface area (Å²) in [6.45, 7) is 2.35. The number of benzene rings is 2. The summed E-state index contributed by atoms with van der Waals surface area (Å²) in [6.07, 6.45) is 2.31. The van der Waals surface area contributed by atoms with E-state index < -0.39 is 0 Å². The number of methoxy groups -OCH3 is 2. The molecule has 1 aromatic heterocycles. The van der Waals surface area contributed by atoms with Gasteiger partial charge >= 0.3 is 0 Å². The Kier molecular flexibility index (Phi) is 6.53. The summed E-state index contributed by atoms with van der Waals surface area (Å²) in [5, 5.41) is 3.32. The minimum Gasteiger partial charge on any atom is -0.493 e. The van der Waals surface area contributed by atoms with E-state index in [0.29, 0.717) is 41.8 Å². The van der Waals surface area contributed by atoms with Crippen LogP contribution in [0.25, 0.3) is 10.9 Å². The van der Waals surface area contributed by atoms with E-state index in [1.54, 1.807) is 12.1 Å².